The zero-order valence-electron chi connectivity index (χ0n) is 23.8. The van der Waals surface area contributed by atoms with E-state index in [4.69, 9.17) is 4.74 Å². The quantitative estimate of drug-likeness (QED) is 0.522. The summed E-state index contributed by atoms with van der Waals surface area (Å²) in [7, 11) is 0. The van der Waals surface area contributed by atoms with Crippen LogP contribution in [0.2, 0.25) is 0 Å². The zero-order chi connectivity index (χ0) is 27.5. The van der Waals surface area contributed by atoms with Crippen LogP contribution in [0.25, 0.3) is 0 Å². The highest BCUT2D eigenvalue weighted by Gasteiger charge is 2.70. The second-order valence-electron chi connectivity index (χ2n) is 14.4. The molecule has 5 rings (SSSR count). The summed E-state index contributed by atoms with van der Waals surface area (Å²) in [5.41, 5.74) is -1.05. The molecule has 1 saturated heterocycles. The average molecular weight is 513 g/mol. The molecule has 7 atom stereocenters. The third kappa shape index (κ3) is 3.65. The molecule has 0 unspecified atom stereocenters. The molecule has 5 aliphatic rings. The Kier molecular flexibility index (Phi) is 5.79. The summed E-state index contributed by atoms with van der Waals surface area (Å²) >= 11 is 0. The highest BCUT2D eigenvalue weighted by molar-refractivity contribution is 6.26. The van der Waals surface area contributed by atoms with Gasteiger partial charge in [0.1, 0.15) is 5.92 Å². The van der Waals surface area contributed by atoms with E-state index >= 15 is 0 Å². The van der Waals surface area contributed by atoms with E-state index in [0.717, 1.165) is 30.4 Å². The Balaban J connectivity index is 1.55. The van der Waals surface area contributed by atoms with Gasteiger partial charge in [0.25, 0.3) is 0 Å². The molecule has 0 radical (unpaired) electrons. The van der Waals surface area contributed by atoms with E-state index in [1.807, 2.05) is 34.6 Å². The Bertz CT molecular complexity index is 1150. The van der Waals surface area contributed by atoms with E-state index in [2.05, 4.69) is 13.8 Å². The Hall–Kier alpha value is -1.63. The molecule has 1 aliphatic heterocycles. The van der Waals surface area contributed by atoms with E-state index in [1.165, 1.54) is 0 Å². The maximum atomic E-state index is 14.2. The number of fused-ring (bicyclic) bond motifs is 4. The van der Waals surface area contributed by atoms with Gasteiger partial charge in [0.2, 0.25) is 0 Å². The summed E-state index contributed by atoms with van der Waals surface area (Å²) in [6, 6.07) is 0. The molecule has 3 fully saturated rings. The second kappa shape index (κ2) is 7.95. The number of ketones is 3. The lowest BCUT2D eigenvalue weighted by Gasteiger charge is -2.51. The first-order valence-corrected chi connectivity index (χ1v) is 14.0. The number of aliphatic hydroxyl groups is 2. The molecule has 6 nitrogen and oxygen atoms in total. The Morgan fingerprint density at radius 1 is 0.838 bits per heavy atom. The van der Waals surface area contributed by atoms with Gasteiger partial charge in [-0.2, -0.15) is 0 Å². The van der Waals surface area contributed by atoms with Gasteiger partial charge in [-0.05, 0) is 108 Å². The van der Waals surface area contributed by atoms with E-state index in [0.29, 0.717) is 30.4 Å². The van der Waals surface area contributed by atoms with Crippen molar-refractivity contribution in [2.45, 2.75) is 123 Å². The fraction of sp³-hybridized carbons (Fsp3) is 0.774. The van der Waals surface area contributed by atoms with Gasteiger partial charge in [-0.15, -0.1) is 0 Å². The number of rotatable bonds is 2. The fourth-order valence-electron chi connectivity index (χ4n) is 8.58. The summed E-state index contributed by atoms with van der Waals surface area (Å²) in [6.45, 7) is 15.1. The summed E-state index contributed by atoms with van der Waals surface area (Å²) < 4.78 is 6.71. The molecule has 1 spiro atoms. The van der Waals surface area contributed by atoms with E-state index in [1.54, 1.807) is 6.92 Å². The lowest BCUT2D eigenvalue weighted by atomic mass is 9.54. The van der Waals surface area contributed by atoms with Gasteiger partial charge < -0.3 is 14.9 Å². The molecule has 37 heavy (non-hydrogen) atoms. The van der Waals surface area contributed by atoms with Crippen LogP contribution in [-0.4, -0.2) is 50.5 Å². The minimum absolute atomic E-state index is 0.0230. The van der Waals surface area contributed by atoms with Crippen LogP contribution >= 0.6 is 0 Å². The van der Waals surface area contributed by atoms with Crippen LogP contribution in [0, 0.1) is 28.6 Å². The number of hydrogen-bond acceptors (Lipinski definition) is 6. The molecular formula is C31H44O6. The molecule has 6 heteroatoms. The molecule has 0 bridgehead atoms. The van der Waals surface area contributed by atoms with E-state index in [9.17, 15) is 24.6 Å². The van der Waals surface area contributed by atoms with Crippen molar-refractivity contribution in [2.75, 3.05) is 0 Å². The van der Waals surface area contributed by atoms with Crippen molar-refractivity contribution in [1.29, 1.82) is 0 Å². The monoisotopic (exact) mass is 512 g/mol. The lowest BCUT2D eigenvalue weighted by Crippen LogP contribution is -2.55. The van der Waals surface area contributed by atoms with Crippen molar-refractivity contribution < 1.29 is 29.3 Å². The molecular weight excluding hydrogens is 468 g/mol. The lowest BCUT2D eigenvalue weighted by molar-refractivity contribution is -0.162. The predicted octanol–water partition coefficient (Wildman–Crippen LogP) is 4.65. The van der Waals surface area contributed by atoms with Gasteiger partial charge in [0, 0.05) is 11.8 Å². The predicted molar refractivity (Wildman–Crippen MR) is 140 cm³/mol. The normalized spacial score (nSPS) is 42.8. The summed E-state index contributed by atoms with van der Waals surface area (Å²) in [5.74, 6) is -1.75. The number of carbonyl (C=O) groups excluding carboxylic acids is 3. The van der Waals surface area contributed by atoms with Crippen molar-refractivity contribution in [2.24, 2.45) is 28.6 Å². The van der Waals surface area contributed by atoms with Gasteiger partial charge in [-0.1, -0.05) is 25.0 Å². The molecule has 0 aromatic carbocycles. The van der Waals surface area contributed by atoms with Crippen molar-refractivity contribution in [3.05, 3.63) is 22.3 Å². The molecule has 4 aliphatic carbocycles. The SMILES string of the molecule is CC1=C2C[C@H](C(C)(C)O)CC[C@]2(C)C[C@]2(O[C@@H]3[C@@H](C(=O)C(C)=C4C[C@@H](C(C)(C)O)CC[C@@]43C)C2=O)C1=O. The van der Waals surface area contributed by atoms with Gasteiger partial charge in [0.05, 0.1) is 17.3 Å². The van der Waals surface area contributed by atoms with Crippen LogP contribution in [0.3, 0.4) is 0 Å². The summed E-state index contributed by atoms with van der Waals surface area (Å²) in [5, 5.41) is 21.4. The van der Waals surface area contributed by atoms with Crippen molar-refractivity contribution in [3.63, 3.8) is 0 Å². The average Bonchev–Trinajstić information content (AvgIpc) is 3.08. The largest absolute Gasteiger partial charge is 0.390 e. The van der Waals surface area contributed by atoms with Crippen LogP contribution in [0.4, 0.5) is 0 Å². The first kappa shape index (κ1) is 27.0. The third-order valence-corrected chi connectivity index (χ3v) is 11.2. The Morgan fingerprint density at radius 2 is 1.38 bits per heavy atom. The number of ether oxygens (including phenoxy) is 1. The number of Topliss-reactive ketones (excluding diaryl/α,β-unsaturated/α-hetero) is 3. The Labute approximate surface area is 220 Å². The minimum Gasteiger partial charge on any atom is -0.390 e. The number of hydrogen-bond donors (Lipinski definition) is 2. The molecule has 0 aromatic heterocycles. The highest BCUT2D eigenvalue weighted by Crippen LogP contribution is 2.62. The Morgan fingerprint density at radius 3 is 1.95 bits per heavy atom. The van der Waals surface area contributed by atoms with Gasteiger partial charge in [0.15, 0.2) is 23.0 Å². The number of carbonyl (C=O) groups is 3. The van der Waals surface area contributed by atoms with Crippen molar-refractivity contribution in [1.82, 2.24) is 0 Å². The van der Waals surface area contributed by atoms with Crippen molar-refractivity contribution in [3.8, 4) is 0 Å². The fourth-order valence-corrected chi connectivity index (χ4v) is 8.58. The first-order chi connectivity index (χ1) is 16.9. The minimum atomic E-state index is -1.62. The second-order valence-corrected chi connectivity index (χ2v) is 14.4. The third-order valence-electron chi connectivity index (χ3n) is 11.2. The van der Waals surface area contributed by atoms with Crippen LogP contribution in [-0.2, 0) is 19.1 Å². The molecule has 0 amide bonds. The van der Waals surface area contributed by atoms with Gasteiger partial charge >= 0.3 is 0 Å². The van der Waals surface area contributed by atoms with E-state index in [-0.39, 0.29) is 35.6 Å². The van der Waals surface area contributed by atoms with Crippen molar-refractivity contribution >= 4 is 17.3 Å². The topological polar surface area (TPSA) is 101 Å². The number of allylic oxidation sites excluding steroid dienone is 2. The zero-order valence-corrected chi connectivity index (χ0v) is 23.8. The molecule has 2 saturated carbocycles. The van der Waals surface area contributed by atoms with E-state index < -0.39 is 39.7 Å². The standard InChI is InChI=1S/C31H44O6/c1-16-21-14-19(28(5,6)36)10-12-30(21,8)26-22(23(16)32)25(34)31(37-26)15-29(7)11-9-18(27(3,4)35)13-20(29)17(2)24(31)33/h18-19,22,26,35-36H,9-15H2,1-8H3/t18-,19+,22+,26-,29-,30+,31+/m1/s1. The molecule has 204 valence electrons. The molecule has 2 N–H and O–H groups in total. The molecule has 1 heterocycles. The van der Waals surface area contributed by atoms with Crippen LogP contribution in [0.15, 0.2) is 22.3 Å². The van der Waals surface area contributed by atoms with Crippen LogP contribution in [0.5, 0.6) is 0 Å². The maximum absolute atomic E-state index is 14.2. The smallest absolute Gasteiger partial charge is 0.198 e. The highest BCUT2D eigenvalue weighted by atomic mass is 16.5. The maximum Gasteiger partial charge on any atom is 0.198 e. The summed E-state index contributed by atoms with van der Waals surface area (Å²) in [4.78, 5) is 42.0. The van der Waals surface area contributed by atoms with Gasteiger partial charge in [-0.3, -0.25) is 14.4 Å². The van der Waals surface area contributed by atoms with Crippen LogP contribution in [0.1, 0.15) is 100 Å². The van der Waals surface area contributed by atoms with Crippen LogP contribution < -0.4 is 0 Å². The first-order valence-electron chi connectivity index (χ1n) is 14.0. The van der Waals surface area contributed by atoms with Gasteiger partial charge in [-0.25, -0.2) is 0 Å². The summed E-state index contributed by atoms with van der Waals surface area (Å²) in [6.07, 6.45) is 3.87. The molecule has 0 aromatic rings.